The molecule has 0 unspecified atom stereocenters. The highest BCUT2D eigenvalue weighted by Gasteiger charge is 2.15. The summed E-state index contributed by atoms with van der Waals surface area (Å²) in [5.41, 5.74) is 1.64. The van der Waals surface area contributed by atoms with Gasteiger partial charge in [-0.25, -0.2) is 8.78 Å². The van der Waals surface area contributed by atoms with Crippen molar-refractivity contribution in [2.24, 2.45) is 0 Å². The number of benzene rings is 1. The van der Waals surface area contributed by atoms with Gasteiger partial charge in [0.1, 0.15) is 11.6 Å². The molecule has 1 aromatic heterocycles. The van der Waals surface area contributed by atoms with Crippen molar-refractivity contribution in [2.45, 2.75) is 20.3 Å². The van der Waals surface area contributed by atoms with Crippen LogP contribution in [0.4, 0.5) is 8.78 Å². The van der Waals surface area contributed by atoms with Crippen LogP contribution in [0.1, 0.15) is 27.3 Å². The van der Waals surface area contributed by atoms with E-state index in [0.29, 0.717) is 17.0 Å². The minimum absolute atomic E-state index is 0.195. The standard InChI is InChI=1S/C15H13F2NO/c1-9-6-11(7-10(2)18-9)15(19)8-12-13(16)4-3-5-14(12)17/h3-7H,8H2,1-2H3. The van der Waals surface area contributed by atoms with Crippen LogP contribution < -0.4 is 0 Å². The van der Waals surface area contributed by atoms with Crippen LogP contribution in [-0.4, -0.2) is 10.8 Å². The fourth-order valence-corrected chi connectivity index (χ4v) is 1.96. The molecule has 0 aliphatic carbocycles. The highest BCUT2D eigenvalue weighted by Crippen LogP contribution is 2.16. The summed E-state index contributed by atoms with van der Waals surface area (Å²) in [6.07, 6.45) is -0.290. The van der Waals surface area contributed by atoms with Crippen LogP contribution in [0.5, 0.6) is 0 Å². The molecule has 19 heavy (non-hydrogen) atoms. The Bertz CT molecular complexity index is 598. The van der Waals surface area contributed by atoms with Crippen molar-refractivity contribution in [1.82, 2.24) is 4.98 Å². The first-order valence-corrected chi connectivity index (χ1v) is 5.89. The molecular formula is C15H13F2NO. The molecule has 1 aromatic carbocycles. The molecule has 0 fully saturated rings. The maximum atomic E-state index is 13.5. The van der Waals surface area contributed by atoms with Gasteiger partial charge in [0.15, 0.2) is 5.78 Å². The molecule has 2 aromatic rings. The predicted octanol–water partition coefficient (Wildman–Crippen LogP) is 3.40. The van der Waals surface area contributed by atoms with E-state index in [1.165, 1.54) is 6.07 Å². The monoisotopic (exact) mass is 261 g/mol. The van der Waals surface area contributed by atoms with Gasteiger partial charge in [-0.15, -0.1) is 0 Å². The fourth-order valence-electron chi connectivity index (χ4n) is 1.96. The number of carbonyl (C=O) groups is 1. The highest BCUT2D eigenvalue weighted by atomic mass is 19.1. The van der Waals surface area contributed by atoms with Gasteiger partial charge in [-0.05, 0) is 38.1 Å². The number of Topliss-reactive ketones (excluding diaryl/α,β-unsaturated/α-hetero) is 1. The van der Waals surface area contributed by atoms with Crippen LogP contribution in [-0.2, 0) is 6.42 Å². The molecule has 98 valence electrons. The van der Waals surface area contributed by atoms with E-state index < -0.39 is 11.6 Å². The second kappa shape index (κ2) is 5.26. The second-order valence-corrected chi connectivity index (χ2v) is 4.44. The normalized spacial score (nSPS) is 10.5. The molecule has 0 aliphatic rings. The summed E-state index contributed by atoms with van der Waals surface area (Å²) in [6, 6.07) is 6.81. The van der Waals surface area contributed by atoms with Gasteiger partial charge in [0.05, 0.1) is 0 Å². The molecule has 4 heteroatoms. The third-order valence-electron chi connectivity index (χ3n) is 2.80. The van der Waals surface area contributed by atoms with Crippen molar-refractivity contribution >= 4 is 5.78 Å². The van der Waals surface area contributed by atoms with Crippen LogP contribution in [0.2, 0.25) is 0 Å². The van der Waals surface area contributed by atoms with E-state index in [-0.39, 0.29) is 17.8 Å². The average molecular weight is 261 g/mol. The summed E-state index contributed by atoms with van der Waals surface area (Å²) < 4.78 is 27.0. The van der Waals surface area contributed by atoms with Gasteiger partial charge in [0.25, 0.3) is 0 Å². The topological polar surface area (TPSA) is 30.0 Å². The van der Waals surface area contributed by atoms with E-state index in [1.807, 2.05) is 0 Å². The van der Waals surface area contributed by atoms with Crippen LogP contribution in [0.25, 0.3) is 0 Å². The zero-order chi connectivity index (χ0) is 14.0. The summed E-state index contributed by atoms with van der Waals surface area (Å²) in [5.74, 6) is -1.72. The third kappa shape index (κ3) is 3.02. The van der Waals surface area contributed by atoms with Gasteiger partial charge in [0.2, 0.25) is 0 Å². The maximum absolute atomic E-state index is 13.5. The molecule has 0 amide bonds. The predicted molar refractivity (Wildman–Crippen MR) is 68.1 cm³/mol. The van der Waals surface area contributed by atoms with Gasteiger partial charge in [-0.1, -0.05) is 6.07 Å². The molecule has 0 spiro atoms. The van der Waals surface area contributed by atoms with E-state index >= 15 is 0 Å². The first-order valence-electron chi connectivity index (χ1n) is 5.89. The smallest absolute Gasteiger partial charge is 0.167 e. The van der Waals surface area contributed by atoms with Crippen LogP contribution in [0, 0.1) is 25.5 Å². The van der Waals surface area contributed by atoms with Gasteiger partial charge in [-0.2, -0.15) is 0 Å². The number of aryl methyl sites for hydroxylation is 2. The van der Waals surface area contributed by atoms with Crippen LogP contribution in [0.3, 0.4) is 0 Å². The number of pyridine rings is 1. The lowest BCUT2D eigenvalue weighted by molar-refractivity contribution is 0.0990. The third-order valence-corrected chi connectivity index (χ3v) is 2.80. The number of aromatic nitrogens is 1. The summed E-state index contributed by atoms with van der Waals surface area (Å²) in [6.45, 7) is 3.54. The van der Waals surface area contributed by atoms with Crippen LogP contribution in [0.15, 0.2) is 30.3 Å². The number of ketones is 1. The Morgan fingerprint density at radius 3 is 2.16 bits per heavy atom. The van der Waals surface area contributed by atoms with Gasteiger partial charge in [0, 0.05) is 28.9 Å². The molecule has 0 saturated carbocycles. The van der Waals surface area contributed by atoms with Crippen molar-refractivity contribution in [3.63, 3.8) is 0 Å². The van der Waals surface area contributed by atoms with Gasteiger partial charge in [-0.3, -0.25) is 9.78 Å². The molecular weight excluding hydrogens is 248 g/mol. The minimum atomic E-state index is -0.698. The first kappa shape index (κ1) is 13.3. The van der Waals surface area contributed by atoms with E-state index in [9.17, 15) is 13.6 Å². The fraction of sp³-hybridized carbons (Fsp3) is 0.200. The zero-order valence-electron chi connectivity index (χ0n) is 10.7. The Morgan fingerprint density at radius 2 is 1.63 bits per heavy atom. The molecule has 0 aliphatic heterocycles. The number of hydrogen-bond acceptors (Lipinski definition) is 2. The van der Waals surface area contributed by atoms with Crippen LogP contribution >= 0.6 is 0 Å². The number of carbonyl (C=O) groups excluding carboxylic acids is 1. The Hall–Kier alpha value is -2.10. The van der Waals surface area contributed by atoms with E-state index in [4.69, 9.17) is 0 Å². The maximum Gasteiger partial charge on any atom is 0.167 e. The highest BCUT2D eigenvalue weighted by molar-refractivity contribution is 5.97. The van der Waals surface area contributed by atoms with Gasteiger partial charge >= 0.3 is 0 Å². The number of rotatable bonds is 3. The lowest BCUT2D eigenvalue weighted by Crippen LogP contribution is -2.08. The molecule has 0 atom stereocenters. The molecule has 0 bridgehead atoms. The number of nitrogens with zero attached hydrogens (tertiary/aromatic N) is 1. The molecule has 0 N–H and O–H groups in total. The van der Waals surface area contributed by atoms with E-state index in [2.05, 4.69) is 4.98 Å². The van der Waals surface area contributed by atoms with E-state index in [0.717, 1.165) is 12.1 Å². The number of hydrogen-bond donors (Lipinski definition) is 0. The van der Waals surface area contributed by atoms with Crippen molar-refractivity contribution in [3.8, 4) is 0 Å². The lowest BCUT2D eigenvalue weighted by Gasteiger charge is -2.06. The quantitative estimate of drug-likeness (QED) is 0.792. The molecule has 2 rings (SSSR count). The number of halogens is 2. The largest absolute Gasteiger partial charge is 0.294 e. The minimum Gasteiger partial charge on any atom is -0.294 e. The second-order valence-electron chi connectivity index (χ2n) is 4.44. The molecule has 0 saturated heterocycles. The SMILES string of the molecule is Cc1cc(C(=O)Cc2c(F)cccc2F)cc(C)n1. The Labute approximate surface area is 110 Å². The van der Waals surface area contributed by atoms with E-state index in [1.54, 1.807) is 26.0 Å². The Kier molecular flexibility index (Phi) is 3.69. The Balaban J connectivity index is 2.31. The average Bonchev–Trinajstić information content (AvgIpc) is 2.32. The first-order chi connectivity index (χ1) is 8.97. The van der Waals surface area contributed by atoms with Crippen molar-refractivity contribution in [3.05, 3.63) is 64.5 Å². The molecule has 1 heterocycles. The molecule has 2 nitrogen and oxygen atoms in total. The summed E-state index contributed by atoms with van der Waals surface area (Å²) in [4.78, 5) is 16.2. The zero-order valence-corrected chi connectivity index (χ0v) is 10.7. The molecule has 0 radical (unpaired) electrons. The summed E-state index contributed by atoms with van der Waals surface area (Å²) in [7, 11) is 0. The van der Waals surface area contributed by atoms with Crippen molar-refractivity contribution in [1.29, 1.82) is 0 Å². The van der Waals surface area contributed by atoms with Gasteiger partial charge < -0.3 is 0 Å². The van der Waals surface area contributed by atoms with Crippen molar-refractivity contribution in [2.75, 3.05) is 0 Å². The summed E-state index contributed by atoms with van der Waals surface area (Å²) in [5, 5.41) is 0. The summed E-state index contributed by atoms with van der Waals surface area (Å²) >= 11 is 0. The van der Waals surface area contributed by atoms with Crippen molar-refractivity contribution < 1.29 is 13.6 Å². The lowest BCUT2D eigenvalue weighted by atomic mass is 10.0. The Morgan fingerprint density at radius 1 is 1.11 bits per heavy atom.